The molecule has 0 amide bonds. The molecule has 4 nitrogen and oxygen atoms in total. The van der Waals surface area contributed by atoms with Crippen LogP contribution in [0.5, 0.6) is 0 Å². The molecule has 0 unspecified atom stereocenters. The lowest BCUT2D eigenvalue weighted by Gasteiger charge is -2.06. The van der Waals surface area contributed by atoms with E-state index in [0.717, 1.165) is 34.1 Å². The minimum atomic E-state index is 0.701. The predicted octanol–water partition coefficient (Wildman–Crippen LogP) is 3.26. The first-order valence-corrected chi connectivity index (χ1v) is 7.11. The van der Waals surface area contributed by atoms with Crippen LogP contribution in [0.15, 0.2) is 22.2 Å². The maximum atomic E-state index is 4.45. The Bertz CT molecular complexity index is 472. The van der Waals surface area contributed by atoms with Gasteiger partial charge in [-0.2, -0.15) is 0 Å². The molecule has 2 aromatic heterocycles. The summed E-state index contributed by atoms with van der Waals surface area (Å²) >= 11 is 5.03. The monoisotopic (exact) mass is 312 g/mol. The minimum Gasteiger partial charge on any atom is -0.363 e. The number of hydrogen-bond acceptors (Lipinski definition) is 5. The van der Waals surface area contributed by atoms with Gasteiger partial charge in [-0.25, -0.2) is 15.0 Å². The van der Waals surface area contributed by atoms with Gasteiger partial charge in [-0.1, -0.05) is 6.92 Å². The van der Waals surface area contributed by atoms with Crippen molar-refractivity contribution in [2.24, 2.45) is 0 Å². The van der Waals surface area contributed by atoms with Gasteiger partial charge in [-0.05, 0) is 22.4 Å². The molecule has 2 aromatic rings. The number of nitrogens with zero attached hydrogens (tertiary/aromatic N) is 3. The van der Waals surface area contributed by atoms with Gasteiger partial charge in [0.1, 0.15) is 21.3 Å². The third-order valence-electron chi connectivity index (χ3n) is 2.12. The van der Waals surface area contributed by atoms with Crippen molar-refractivity contribution >= 4 is 33.1 Å². The highest BCUT2D eigenvalue weighted by atomic mass is 79.9. The second kappa shape index (κ2) is 6.07. The molecule has 17 heavy (non-hydrogen) atoms. The maximum absolute atomic E-state index is 4.45. The molecule has 0 aliphatic carbocycles. The van der Waals surface area contributed by atoms with Gasteiger partial charge in [0.25, 0.3) is 0 Å². The van der Waals surface area contributed by atoms with E-state index in [2.05, 4.69) is 43.1 Å². The first-order chi connectivity index (χ1) is 8.28. The second-order valence-electron chi connectivity index (χ2n) is 3.52. The topological polar surface area (TPSA) is 50.7 Å². The molecule has 90 valence electrons. The zero-order chi connectivity index (χ0) is 12.1. The van der Waals surface area contributed by atoms with Crippen LogP contribution in [-0.4, -0.2) is 15.0 Å². The number of rotatable bonds is 5. The van der Waals surface area contributed by atoms with Crippen molar-refractivity contribution in [2.45, 2.75) is 26.3 Å². The van der Waals surface area contributed by atoms with E-state index in [-0.39, 0.29) is 0 Å². The Hall–Kier alpha value is -1.01. The summed E-state index contributed by atoms with van der Waals surface area (Å²) in [5, 5.41) is 6.27. The average molecular weight is 313 g/mol. The number of aryl methyl sites for hydroxylation is 1. The van der Waals surface area contributed by atoms with E-state index in [9.17, 15) is 0 Å². The van der Waals surface area contributed by atoms with Crippen LogP contribution in [0.3, 0.4) is 0 Å². The molecule has 0 bridgehead atoms. The zero-order valence-electron chi connectivity index (χ0n) is 9.48. The van der Waals surface area contributed by atoms with Crippen molar-refractivity contribution in [2.75, 3.05) is 5.32 Å². The predicted molar refractivity (Wildman–Crippen MR) is 73.2 cm³/mol. The average Bonchev–Trinajstić information content (AvgIpc) is 2.79. The van der Waals surface area contributed by atoms with E-state index < -0.39 is 0 Å². The van der Waals surface area contributed by atoms with E-state index in [1.54, 1.807) is 17.5 Å². The van der Waals surface area contributed by atoms with Crippen molar-refractivity contribution < 1.29 is 0 Å². The van der Waals surface area contributed by atoms with Crippen molar-refractivity contribution in [1.82, 2.24) is 15.0 Å². The Morgan fingerprint density at radius 1 is 1.41 bits per heavy atom. The van der Waals surface area contributed by atoms with Crippen LogP contribution >= 0.6 is 27.3 Å². The number of halogens is 1. The highest BCUT2D eigenvalue weighted by Gasteiger charge is 2.03. The largest absolute Gasteiger partial charge is 0.363 e. The van der Waals surface area contributed by atoms with Gasteiger partial charge in [-0.3, -0.25) is 0 Å². The normalized spacial score (nSPS) is 10.5. The molecule has 0 fully saturated rings. The van der Waals surface area contributed by atoms with Crippen molar-refractivity contribution in [3.05, 3.63) is 33.1 Å². The molecule has 0 aliphatic rings. The smallest absolute Gasteiger partial charge is 0.132 e. The van der Waals surface area contributed by atoms with Gasteiger partial charge in [0.05, 0.1) is 6.54 Å². The number of anilines is 1. The van der Waals surface area contributed by atoms with E-state index in [1.807, 2.05) is 11.4 Å². The molecule has 0 spiro atoms. The third kappa shape index (κ3) is 3.74. The molecule has 2 heterocycles. The quantitative estimate of drug-likeness (QED) is 0.861. The van der Waals surface area contributed by atoms with Gasteiger partial charge >= 0.3 is 0 Å². The summed E-state index contributed by atoms with van der Waals surface area (Å²) in [4.78, 5) is 13.0. The van der Waals surface area contributed by atoms with E-state index in [1.165, 1.54) is 0 Å². The zero-order valence-corrected chi connectivity index (χ0v) is 11.9. The van der Waals surface area contributed by atoms with Gasteiger partial charge in [0.15, 0.2) is 0 Å². The lowest BCUT2D eigenvalue weighted by Crippen LogP contribution is -2.04. The molecule has 0 saturated carbocycles. The van der Waals surface area contributed by atoms with E-state index >= 15 is 0 Å². The molecule has 0 saturated heterocycles. The molecule has 1 N–H and O–H groups in total. The van der Waals surface area contributed by atoms with Crippen LogP contribution < -0.4 is 5.32 Å². The van der Waals surface area contributed by atoms with Gasteiger partial charge in [-0.15, -0.1) is 11.3 Å². The van der Waals surface area contributed by atoms with Crippen LogP contribution in [-0.2, 0) is 13.0 Å². The summed E-state index contributed by atoms with van der Waals surface area (Å²) in [6.45, 7) is 2.82. The fraction of sp³-hybridized carbons (Fsp3) is 0.364. The number of aromatic nitrogens is 3. The third-order valence-corrected chi connectivity index (χ3v) is 3.30. The van der Waals surface area contributed by atoms with Crippen molar-refractivity contribution in [3.8, 4) is 0 Å². The van der Waals surface area contributed by atoms with Crippen LogP contribution in [0.1, 0.15) is 24.2 Å². The second-order valence-corrected chi connectivity index (χ2v) is 5.31. The molecule has 2 rings (SSSR count). The number of nitrogens with one attached hydrogen (secondary N) is 1. The maximum Gasteiger partial charge on any atom is 0.132 e. The highest BCUT2D eigenvalue weighted by Crippen LogP contribution is 2.14. The summed E-state index contributed by atoms with van der Waals surface area (Å²) < 4.78 is 0.817. The molecule has 0 aromatic carbocycles. The fourth-order valence-corrected chi connectivity index (χ4v) is 2.37. The Kier molecular flexibility index (Phi) is 4.44. The van der Waals surface area contributed by atoms with Gasteiger partial charge < -0.3 is 5.32 Å². The van der Waals surface area contributed by atoms with Crippen LogP contribution in [0, 0.1) is 0 Å². The Morgan fingerprint density at radius 3 is 3.00 bits per heavy atom. The lowest BCUT2D eigenvalue weighted by atomic mass is 10.3. The lowest BCUT2D eigenvalue weighted by molar-refractivity contribution is 0.828. The molecule has 6 heteroatoms. The number of thiazole rings is 1. The minimum absolute atomic E-state index is 0.701. The van der Waals surface area contributed by atoms with Crippen molar-refractivity contribution in [1.29, 1.82) is 0 Å². The fourth-order valence-electron chi connectivity index (χ4n) is 1.40. The van der Waals surface area contributed by atoms with Crippen LogP contribution in [0.25, 0.3) is 0 Å². The highest BCUT2D eigenvalue weighted by molar-refractivity contribution is 9.10. The summed E-state index contributed by atoms with van der Waals surface area (Å²) in [6.07, 6.45) is 3.74. The molecule has 0 atom stereocenters. The summed E-state index contributed by atoms with van der Waals surface area (Å²) in [7, 11) is 0. The summed E-state index contributed by atoms with van der Waals surface area (Å²) in [6, 6.07) is 1.88. The Labute approximate surface area is 113 Å². The van der Waals surface area contributed by atoms with E-state index in [0.29, 0.717) is 6.54 Å². The molecule has 0 aliphatic heterocycles. The standard InChI is InChI=1S/C11H13BrN4S/c1-2-3-9-15-8(12)6-10(16-9)14-7-11-13-4-5-17-11/h4-6H,2-3,7H2,1H3,(H,14,15,16). The van der Waals surface area contributed by atoms with Crippen molar-refractivity contribution in [3.63, 3.8) is 0 Å². The van der Waals surface area contributed by atoms with Gasteiger partial charge in [0.2, 0.25) is 0 Å². The molecule has 0 radical (unpaired) electrons. The first kappa shape index (κ1) is 12.4. The van der Waals surface area contributed by atoms with E-state index in [4.69, 9.17) is 0 Å². The number of hydrogen-bond donors (Lipinski definition) is 1. The summed E-state index contributed by atoms with van der Waals surface area (Å²) in [5.41, 5.74) is 0. The SMILES string of the molecule is CCCc1nc(Br)cc(NCc2nccs2)n1. The first-order valence-electron chi connectivity index (χ1n) is 5.43. The van der Waals surface area contributed by atoms with Gasteiger partial charge in [0, 0.05) is 24.1 Å². The summed E-state index contributed by atoms with van der Waals surface area (Å²) in [5.74, 6) is 1.70. The Balaban J connectivity index is 2.04. The molecular weight excluding hydrogens is 300 g/mol. The molecular formula is C11H13BrN4S. The van der Waals surface area contributed by atoms with Crippen LogP contribution in [0.4, 0.5) is 5.82 Å². The van der Waals surface area contributed by atoms with Crippen LogP contribution in [0.2, 0.25) is 0 Å². The Morgan fingerprint density at radius 2 is 2.29 bits per heavy atom.